The van der Waals surface area contributed by atoms with Crippen LogP contribution in [-0.4, -0.2) is 40.7 Å². The Morgan fingerprint density at radius 1 is 0.968 bits per heavy atom. The minimum Gasteiger partial charge on any atom is -0.493 e. The maximum absolute atomic E-state index is 12.2. The summed E-state index contributed by atoms with van der Waals surface area (Å²) in [7, 11) is 4.66. The number of fused-ring (bicyclic) bond motifs is 1. The Bertz CT molecular complexity index is 1070. The van der Waals surface area contributed by atoms with Crippen molar-refractivity contribution in [3.63, 3.8) is 0 Å². The van der Waals surface area contributed by atoms with Crippen molar-refractivity contribution in [2.24, 2.45) is 5.92 Å². The smallest absolute Gasteiger partial charge is 0.333 e. The molecule has 2 atom stereocenters. The molecular weight excluding hydrogens is 536 g/mol. The molecule has 2 aromatic rings. The van der Waals surface area contributed by atoms with E-state index in [0.717, 1.165) is 15.6 Å². The van der Waals surface area contributed by atoms with Gasteiger partial charge in [-0.25, -0.2) is 4.79 Å². The molecule has 0 amide bonds. The molecule has 2 unspecified atom stereocenters. The van der Waals surface area contributed by atoms with E-state index in [-0.39, 0.29) is 25.2 Å². The molecule has 0 bridgehead atoms. The monoisotopic (exact) mass is 554 g/mol. The summed E-state index contributed by atoms with van der Waals surface area (Å²) in [6, 6.07) is 5.63. The number of carbonyl (C=O) groups excluding carboxylic acids is 1. The van der Waals surface area contributed by atoms with Gasteiger partial charge in [0.25, 0.3) is 0 Å². The molecule has 7 nitrogen and oxygen atoms in total. The summed E-state index contributed by atoms with van der Waals surface area (Å²) >= 11 is 7.34. The Hall–Kier alpha value is -2.39. The Morgan fingerprint density at radius 3 is 2.23 bits per heavy atom. The van der Waals surface area contributed by atoms with Crippen LogP contribution >= 0.6 is 31.9 Å². The molecule has 2 heterocycles. The summed E-state index contributed by atoms with van der Waals surface area (Å²) in [5.41, 5.74) is 2.09. The second kappa shape index (κ2) is 8.63. The average Bonchev–Trinajstić information content (AvgIpc) is 3.35. The third-order valence-corrected chi connectivity index (χ3v) is 6.97. The third kappa shape index (κ3) is 3.63. The molecule has 2 aliphatic rings. The Morgan fingerprint density at radius 2 is 1.65 bits per heavy atom. The maximum Gasteiger partial charge on any atom is 0.333 e. The van der Waals surface area contributed by atoms with Crippen molar-refractivity contribution in [3.8, 4) is 28.7 Å². The van der Waals surface area contributed by atoms with Crippen LogP contribution in [0.15, 0.2) is 39.3 Å². The van der Waals surface area contributed by atoms with Gasteiger partial charge in [-0.05, 0) is 45.3 Å². The summed E-state index contributed by atoms with van der Waals surface area (Å²) in [5, 5.41) is 0. The van der Waals surface area contributed by atoms with Crippen LogP contribution in [0.2, 0.25) is 0 Å². The van der Waals surface area contributed by atoms with Gasteiger partial charge in [-0.3, -0.25) is 0 Å². The number of ether oxygens (including phenoxy) is 6. The van der Waals surface area contributed by atoms with Gasteiger partial charge in [-0.2, -0.15) is 0 Å². The van der Waals surface area contributed by atoms with Crippen LogP contribution in [0.4, 0.5) is 0 Å². The quantitative estimate of drug-likeness (QED) is 0.373. The lowest BCUT2D eigenvalue weighted by atomic mass is 9.78. The summed E-state index contributed by atoms with van der Waals surface area (Å²) < 4.78 is 34.6. The molecule has 0 spiro atoms. The zero-order valence-corrected chi connectivity index (χ0v) is 20.3. The molecule has 0 aromatic heterocycles. The van der Waals surface area contributed by atoms with Crippen LogP contribution in [0.25, 0.3) is 0 Å². The van der Waals surface area contributed by atoms with Gasteiger partial charge in [0.05, 0.1) is 32.4 Å². The molecule has 0 radical (unpaired) electrons. The molecule has 0 N–H and O–H groups in total. The van der Waals surface area contributed by atoms with Crippen molar-refractivity contribution in [2.75, 3.05) is 34.7 Å². The van der Waals surface area contributed by atoms with Gasteiger partial charge in [-0.15, -0.1) is 0 Å². The topological polar surface area (TPSA) is 72.5 Å². The fourth-order valence-corrected chi connectivity index (χ4v) is 5.22. The molecule has 0 saturated carbocycles. The minimum atomic E-state index is -0.407. The molecule has 1 saturated heterocycles. The highest BCUT2D eigenvalue weighted by Gasteiger charge is 2.40. The molecular formula is C22H20Br2O7. The molecule has 4 rings (SSSR count). The normalized spacial score (nSPS) is 18.0. The van der Waals surface area contributed by atoms with E-state index >= 15 is 0 Å². The van der Waals surface area contributed by atoms with Crippen LogP contribution in [0.3, 0.4) is 0 Å². The van der Waals surface area contributed by atoms with E-state index in [1.54, 1.807) is 21.3 Å². The number of cyclic esters (lactones) is 1. The predicted octanol–water partition coefficient (Wildman–Crippen LogP) is 4.83. The number of esters is 1. The van der Waals surface area contributed by atoms with Gasteiger partial charge in [0, 0.05) is 21.9 Å². The van der Waals surface area contributed by atoms with Crippen molar-refractivity contribution < 1.29 is 33.2 Å². The summed E-state index contributed by atoms with van der Waals surface area (Å²) in [4.78, 5) is 12.2. The first-order valence-electron chi connectivity index (χ1n) is 9.34. The third-order valence-electron chi connectivity index (χ3n) is 5.47. The van der Waals surface area contributed by atoms with Gasteiger partial charge < -0.3 is 28.4 Å². The molecule has 31 heavy (non-hydrogen) atoms. The van der Waals surface area contributed by atoms with Gasteiger partial charge in [0.2, 0.25) is 12.5 Å². The van der Waals surface area contributed by atoms with E-state index in [4.69, 9.17) is 28.4 Å². The van der Waals surface area contributed by atoms with Crippen LogP contribution in [0, 0.1) is 5.92 Å². The first kappa shape index (κ1) is 21.8. The zero-order chi connectivity index (χ0) is 22.3. The van der Waals surface area contributed by atoms with E-state index in [1.807, 2.05) is 18.2 Å². The van der Waals surface area contributed by atoms with E-state index in [1.165, 1.54) is 0 Å². The van der Waals surface area contributed by atoms with Crippen molar-refractivity contribution in [1.29, 1.82) is 0 Å². The Kier molecular flexibility index (Phi) is 6.07. The van der Waals surface area contributed by atoms with Crippen molar-refractivity contribution in [1.82, 2.24) is 0 Å². The first-order chi connectivity index (χ1) is 14.9. The van der Waals surface area contributed by atoms with E-state index in [2.05, 4.69) is 38.4 Å². The van der Waals surface area contributed by atoms with Gasteiger partial charge in [0.15, 0.2) is 23.0 Å². The van der Waals surface area contributed by atoms with Gasteiger partial charge in [0.1, 0.15) is 0 Å². The summed E-state index contributed by atoms with van der Waals surface area (Å²) in [6.07, 6.45) is 0. The second-order valence-corrected chi connectivity index (χ2v) is 8.63. The standard InChI is InChI=1S/C22H20Br2O7/c1-10-13(8-29-22(10)25)18(11-5-15-16(7-14(11)23)31-9-30-15)12-6-17(26-2)20(27-3)21(28-4)19(12)24/h5-7,13,18H,1,8-9H2,2-4H3. The van der Waals surface area contributed by atoms with E-state index in [0.29, 0.717) is 38.8 Å². The van der Waals surface area contributed by atoms with Gasteiger partial charge >= 0.3 is 5.97 Å². The summed E-state index contributed by atoms with van der Waals surface area (Å²) in [5.74, 6) is 1.65. The van der Waals surface area contributed by atoms with Crippen molar-refractivity contribution >= 4 is 37.8 Å². The highest BCUT2D eigenvalue weighted by atomic mass is 79.9. The van der Waals surface area contributed by atoms with Crippen LogP contribution in [0.5, 0.6) is 28.7 Å². The Balaban J connectivity index is 1.97. The van der Waals surface area contributed by atoms with Crippen molar-refractivity contribution in [2.45, 2.75) is 5.92 Å². The van der Waals surface area contributed by atoms with Crippen LogP contribution in [0.1, 0.15) is 17.0 Å². The van der Waals surface area contributed by atoms with Gasteiger partial charge in [-0.1, -0.05) is 22.5 Å². The number of rotatable bonds is 6. The van der Waals surface area contributed by atoms with Crippen LogP contribution < -0.4 is 23.7 Å². The molecule has 0 aliphatic carbocycles. The number of hydrogen-bond acceptors (Lipinski definition) is 7. The van der Waals surface area contributed by atoms with Crippen LogP contribution in [-0.2, 0) is 9.53 Å². The lowest BCUT2D eigenvalue weighted by Gasteiger charge is -2.27. The number of benzene rings is 2. The predicted molar refractivity (Wildman–Crippen MR) is 119 cm³/mol. The second-order valence-electron chi connectivity index (χ2n) is 6.98. The maximum atomic E-state index is 12.2. The largest absolute Gasteiger partial charge is 0.493 e. The highest BCUT2D eigenvalue weighted by molar-refractivity contribution is 9.11. The Labute approximate surface area is 196 Å². The average molecular weight is 556 g/mol. The summed E-state index contributed by atoms with van der Waals surface area (Å²) in [6.45, 7) is 4.35. The molecule has 2 aromatic carbocycles. The molecule has 2 aliphatic heterocycles. The van der Waals surface area contributed by atoms with E-state index in [9.17, 15) is 4.79 Å². The van der Waals surface area contributed by atoms with E-state index < -0.39 is 5.97 Å². The molecule has 164 valence electrons. The minimum absolute atomic E-state index is 0.154. The molecule has 1 fully saturated rings. The number of carbonyl (C=O) groups is 1. The fraction of sp³-hybridized carbons (Fsp3) is 0.318. The lowest BCUT2D eigenvalue weighted by Crippen LogP contribution is -2.18. The highest BCUT2D eigenvalue weighted by Crippen LogP contribution is 2.53. The number of methoxy groups -OCH3 is 3. The first-order valence-corrected chi connectivity index (χ1v) is 10.9. The number of halogens is 2. The molecule has 9 heteroatoms. The fourth-order valence-electron chi connectivity index (χ4n) is 3.95. The van der Waals surface area contributed by atoms with Crippen molar-refractivity contribution in [3.05, 3.63) is 50.4 Å². The zero-order valence-electron chi connectivity index (χ0n) is 17.1. The lowest BCUT2D eigenvalue weighted by molar-refractivity contribution is -0.135. The SMILES string of the molecule is C=C1C(=O)OCC1C(c1cc2c(cc1Br)OCO2)c1cc(OC)c(OC)c(OC)c1Br. The number of hydrogen-bond donors (Lipinski definition) is 0.